The molecule has 8 saturated carbocycles. The van der Waals surface area contributed by atoms with E-state index in [9.17, 15) is 36.6 Å². The van der Waals surface area contributed by atoms with Gasteiger partial charge in [0.15, 0.2) is 0 Å². The molecule has 13 heteroatoms. The second-order valence-corrected chi connectivity index (χ2v) is 28.4. The minimum atomic E-state index is -4.11. The molecule has 8 aliphatic carbocycles. The molecule has 8 rings (SSSR count). The van der Waals surface area contributed by atoms with Gasteiger partial charge in [-0.1, -0.05) is 52.7 Å². The van der Waals surface area contributed by atoms with Crippen LogP contribution in [0.15, 0.2) is 11.1 Å². The van der Waals surface area contributed by atoms with Crippen molar-refractivity contribution >= 4 is 31.9 Å². The average molecular weight is 962 g/mol. The van der Waals surface area contributed by atoms with Crippen LogP contribution in [0, 0.1) is 92.7 Å². The summed E-state index contributed by atoms with van der Waals surface area (Å²) in [5.41, 5.74) is 4.12. The second-order valence-electron chi connectivity index (χ2n) is 25.3. The number of ketones is 1. The third-order valence-electron chi connectivity index (χ3n) is 22.3. The lowest BCUT2D eigenvalue weighted by atomic mass is 9.42. The monoisotopic (exact) mass is 962 g/mol. The minimum Gasteiger partial charge on any atom is -0.393 e. The molecule has 8 aliphatic rings. The first kappa shape index (κ1) is 51.0. The van der Waals surface area contributed by atoms with Crippen molar-refractivity contribution in [2.24, 2.45) is 92.7 Å². The van der Waals surface area contributed by atoms with Crippen LogP contribution in [0.2, 0.25) is 0 Å². The van der Waals surface area contributed by atoms with Gasteiger partial charge in [0.1, 0.15) is 5.78 Å². The summed E-state index contributed by atoms with van der Waals surface area (Å²) < 4.78 is 62.5. The molecular formula is C53H87NO10S2. The minimum absolute atomic E-state index is 0.0767. The van der Waals surface area contributed by atoms with Crippen molar-refractivity contribution in [1.82, 2.24) is 5.32 Å². The SMILES string of the molecule is C[C@@H](CCC(=O)NCCS(=O)(=O)O)[C@H]1CC[C@@H]2[C@H]3[C@H](O)CC4C/C(=C5\CC[C@@]6(C)C(C5)C[C@H](O)[C@H]5[C@@H]7CC[C@H]([C@@H](C)CCC(=O)CCCS(=O)(=O)O)[C@@]7(C)CC[C@@H]56)CC[C@@]4(C)[C@@H]3CC[C@]21C. The molecule has 0 aliphatic heterocycles. The van der Waals surface area contributed by atoms with E-state index < -0.39 is 26.0 Å². The molecule has 5 N–H and O–H groups in total. The van der Waals surface area contributed by atoms with E-state index in [0.29, 0.717) is 83.9 Å². The Morgan fingerprint density at radius 2 is 1.05 bits per heavy atom. The van der Waals surface area contributed by atoms with Crippen LogP contribution in [0.3, 0.4) is 0 Å². The number of carbonyl (C=O) groups excluding carboxylic acids is 2. The molecule has 0 saturated heterocycles. The van der Waals surface area contributed by atoms with Crippen molar-refractivity contribution in [2.45, 2.75) is 195 Å². The Morgan fingerprint density at radius 3 is 1.50 bits per heavy atom. The molecule has 11 nitrogen and oxygen atoms in total. The Balaban J connectivity index is 0.870. The average Bonchev–Trinajstić information content (AvgIpc) is 3.78. The lowest BCUT2D eigenvalue weighted by Gasteiger charge is -2.63. The van der Waals surface area contributed by atoms with Gasteiger partial charge in [-0.2, -0.15) is 16.8 Å². The maximum Gasteiger partial charge on any atom is 0.266 e. The van der Waals surface area contributed by atoms with Gasteiger partial charge in [-0.05, 0) is 215 Å². The number of nitrogens with one attached hydrogen (secondary N) is 1. The van der Waals surface area contributed by atoms with Crippen LogP contribution < -0.4 is 5.32 Å². The first-order valence-electron chi connectivity index (χ1n) is 26.6. The lowest BCUT2D eigenvalue weighted by molar-refractivity contribution is -0.162. The van der Waals surface area contributed by atoms with E-state index in [0.717, 1.165) is 70.6 Å². The molecule has 0 radical (unpaired) electrons. The topological polar surface area (TPSA) is 195 Å². The summed E-state index contributed by atoms with van der Waals surface area (Å²) in [6.07, 6.45) is 20.2. The molecular weight excluding hydrogens is 875 g/mol. The molecule has 66 heavy (non-hydrogen) atoms. The summed E-state index contributed by atoms with van der Waals surface area (Å²) in [5.74, 6) is 4.55. The number of aliphatic hydroxyl groups excluding tert-OH is 2. The third kappa shape index (κ3) is 9.69. The van der Waals surface area contributed by atoms with Gasteiger partial charge in [-0.25, -0.2) is 0 Å². The largest absolute Gasteiger partial charge is 0.393 e. The fourth-order valence-electron chi connectivity index (χ4n) is 18.8. The first-order valence-corrected chi connectivity index (χ1v) is 29.8. The van der Waals surface area contributed by atoms with E-state index >= 15 is 0 Å². The number of hydrogen-bond donors (Lipinski definition) is 5. The van der Waals surface area contributed by atoms with Crippen LogP contribution in [-0.4, -0.2) is 78.1 Å². The number of fused-ring (bicyclic) bond motifs is 10. The number of rotatable bonds is 15. The maximum absolute atomic E-state index is 12.7. The van der Waals surface area contributed by atoms with E-state index in [2.05, 4.69) is 46.9 Å². The van der Waals surface area contributed by atoms with E-state index in [1.807, 2.05) is 0 Å². The van der Waals surface area contributed by atoms with Crippen molar-refractivity contribution in [3.8, 4) is 0 Å². The Bertz CT molecular complexity index is 1930. The Kier molecular flexibility index (Phi) is 14.7. The summed E-state index contributed by atoms with van der Waals surface area (Å²) in [5, 5.41) is 27.1. The second kappa shape index (κ2) is 19.0. The number of carbonyl (C=O) groups is 2. The van der Waals surface area contributed by atoms with Crippen LogP contribution in [0.5, 0.6) is 0 Å². The van der Waals surface area contributed by atoms with Crippen molar-refractivity contribution in [3.05, 3.63) is 11.1 Å². The van der Waals surface area contributed by atoms with Gasteiger partial charge in [0.05, 0.1) is 23.7 Å². The van der Waals surface area contributed by atoms with Crippen LogP contribution in [0.1, 0.15) is 183 Å². The van der Waals surface area contributed by atoms with Crippen molar-refractivity contribution in [2.75, 3.05) is 18.1 Å². The van der Waals surface area contributed by atoms with E-state index in [4.69, 9.17) is 9.11 Å². The summed E-state index contributed by atoms with van der Waals surface area (Å²) in [6, 6.07) is 0. The van der Waals surface area contributed by atoms with E-state index in [1.165, 1.54) is 44.9 Å². The molecule has 376 valence electrons. The summed E-state index contributed by atoms with van der Waals surface area (Å²) in [6.45, 7) is 14.6. The molecule has 2 unspecified atom stereocenters. The molecule has 18 atom stereocenters. The fraction of sp³-hybridized carbons (Fsp3) is 0.925. The van der Waals surface area contributed by atoms with Gasteiger partial charge in [-0.3, -0.25) is 18.7 Å². The third-order valence-corrected chi connectivity index (χ3v) is 23.9. The van der Waals surface area contributed by atoms with Gasteiger partial charge in [0.2, 0.25) is 5.91 Å². The van der Waals surface area contributed by atoms with E-state index in [-0.39, 0.29) is 70.7 Å². The maximum atomic E-state index is 12.7. The molecule has 0 spiro atoms. The van der Waals surface area contributed by atoms with Crippen molar-refractivity contribution in [3.63, 3.8) is 0 Å². The summed E-state index contributed by atoms with van der Waals surface area (Å²) >= 11 is 0. The van der Waals surface area contributed by atoms with Crippen LogP contribution >= 0.6 is 0 Å². The lowest BCUT2D eigenvalue weighted by Crippen LogP contribution is -2.58. The molecule has 0 aromatic rings. The highest BCUT2D eigenvalue weighted by molar-refractivity contribution is 7.86. The highest BCUT2D eigenvalue weighted by Crippen LogP contribution is 2.71. The molecule has 0 aromatic heterocycles. The first-order chi connectivity index (χ1) is 30.9. The van der Waals surface area contributed by atoms with Crippen LogP contribution in [0.4, 0.5) is 0 Å². The number of Topliss-reactive ketones (excluding diaryl/α,β-unsaturated/α-hetero) is 1. The van der Waals surface area contributed by atoms with Gasteiger partial charge >= 0.3 is 0 Å². The van der Waals surface area contributed by atoms with E-state index in [1.54, 1.807) is 11.1 Å². The zero-order chi connectivity index (χ0) is 47.8. The molecule has 8 fully saturated rings. The van der Waals surface area contributed by atoms with Crippen LogP contribution in [0.25, 0.3) is 0 Å². The Morgan fingerprint density at radius 1 is 0.606 bits per heavy atom. The zero-order valence-corrected chi connectivity index (χ0v) is 42.9. The highest BCUT2D eigenvalue weighted by Gasteiger charge is 2.65. The molecule has 0 aromatic carbocycles. The predicted molar refractivity (Wildman–Crippen MR) is 257 cm³/mol. The number of amides is 1. The Hall–Kier alpha value is -1.38. The predicted octanol–water partition coefficient (Wildman–Crippen LogP) is 9.62. The summed E-state index contributed by atoms with van der Waals surface area (Å²) in [7, 11) is -8.15. The van der Waals surface area contributed by atoms with Gasteiger partial charge in [0, 0.05) is 25.8 Å². The molecule has 1 amide bonds. The van der Waals surface area contributed by atoms with Gasteiger partial charge in [0.25, 0.3) is 20.2 Å². The van der Waals surface area contributed by atoms with Gasteiger partial charge < -0.3 is 15.5 Å². The normalized spacial score (nSPS) is 45.3. The highest BCUT2D eigenvalue weighted by atomic mass is 32.2. The summed E-state index contributed by atoms with van der Waals surface area (Å²) in [4.78, 5) is 25.2. The van der Waals surface area contributed by atoms with Crippen LogP contribution in [-0.2, 0) is 29.8 Å². The van der Waals surface area contributed by atoms with Gasteiger partial charge in [-0.15, -0.1) is 0 Å². The number of aliphatic hydroxyl groups is 2. The number of hydrogen-bond acceptors (Lipinski definition) is 8. The quantitative estimate of drug-likeness (QED) is 0.0779. The molecule has 0 bridgehead atoms. The van der Waals surface area contributed by atoms with Crippen molar-refractivity contribution in [1.29, 1.82) is 0 Å². The fourth-order valence-corrected chi connectivity index (χ4v) is 19.7. The standard InChI is InChI=1S/C53H87NO10S2/c1-32(9-11-38(55)8-7-26-65(59,60)61)39-12-14-41-48-43(19-23-52(39,41)5)50(3)21-17-34(28-36(50)30-45(48)56)35-18-22-51(4)37(29-35)31-46(57)49-42-15-13-40(53(42,6)24-20-44(49)51)33(2)10-16-47(58)54-25-27-66(62,63)64/h32-33,36-37,39-46,48-49,56-57H,7-31H2,1-6H3,(H,54,58)(H,59,60,61)(H,62,63,64)/b35-34+/t32-,33-,36?,37?,39+,40+,41-,42+,43-,44+,45-,46+,48-,49+,50-,51+,52+,53-/m0/s1. The zero-order valence-electron chi connectivity index (χ0n) is 41.3. The number of allylic oxidation sites excluding steroid dienone is 2. The van der Waals surface area contributed by atoms with Crippen molar-refractivity contribution < 1.29 is 45.7 Å². The Labute approximate surface area is 398 Å². The smallest absolute Gasteiger partial charge is 0.266 e. The molecule has 0 heterocycles.